The molecule has 1 aliphatic heterocycles. The van der Waals surface area contributed by atoms with Gasteiger partial charge < -0.3 is 53.7 Å². The quantitative estimate of drug-likeness (QED) is 0.112. The Morgan fingerprint density at radius 2 is 0.906 bits per heavy atom. The van der Waals surface area contributed by atoms with E-state index in [4.69, 9.17) is 53.7 Å². The molecule has 32 heavy (non-hydrogen) atoms. The smallest absolute Gasteiger partial charge is 0.341 e. The van der Waals surface area contributed by atoms with Crippen LogP contribution in [-0.4, -0.2) is 86.2 Å². The maximum atomic E-state index is 11.3. The van der Waals surface area contributed by atoms with E-state index in [9.17, 15) is 22.8 Å². The zero-order valence-electron chi connectivity index (χ0n) is 14.8. The molecule has 0 bridgehead atoms. The number of phosphoric ester groups is 5. The zero-order valence-corrected chi connectivity index (χ0v) is 19.3. The highest BCUT2D eigenvalue weighted by molar-refractivity contribution is 7.47. The molecule has 0 aromatic rings. The molecule has 0 amide bonds. The fourth-order valence-corrected chi connectivity index (χ4v) is 4.69. The molecule has 192 valence electrons. The Balaban J connectivity index is 3.58. The van der Waals surface area contributed by atoms with Crippen molar-refractivity contribution < 1.29 is 99.1 Å². The molecule has 1 rings (SSSR count). The first kappa shape index (κ1) is 30.5. The van der Waals surface area contributed by atoms with E-state index >= 15 is 0 Å². The molecule has 10 N–H and O–H groups in total. The van der Waals surface area contributed by atoms with Crippen LogP contribution in [-0.2, 0) is 50.2 Å². The lowest BCUT2D eigenvalue weighted by Crippen LogP contribution is -2.61. The predicted molar refractivity (Wildman–Crippen MR) is 90.5 cm³/mol. The van der Waals surface area contributed by atoms with Gasteiger partial charge in [-0.05, 0) is 0 Å². The van der Waals surface area contributed by atoms with E-state index in [0.29, 0.717) is 0 Å². The van der Waals surface area contributed by atoms with E-state index in [1.807, 2.05) is 0 Å². The fourth-order valence-electron chi connectivity index (χ4n) is 2.24. The van der Waals surface area contributed by atoms with Gasteiger partial charge in [0.1, 0.15) is 18.3 Å². The minimum absolute atomic E-state index is 1.44. The van der Waals surface area contributed by atoms with Gasteiger partial charge in [-0.15, -0.1) is 0 Å². The van der Waals surface area contributed by atoms with Crippen LogP contribution in [0.15, 0.2) is 0 Å². The third-order valence-corrected chi connectivity index (χ3v) is 5.54. The van der Waals surface area contributed by atoms with Crippen LogP contribution in [0.2, 0.25) is 0 Å². The van der Waals surface area contributed by atoms with Crippen molar-refractivity contribution in [2.24, 2.45) is 0 Å². The zero-order chi connectivity index (χ0) is 25.3. The van der Waals surface area contributed by atoms with E-state index < -0.39 is 76.4 Å². The standard InChI is InChI=1S/C6H17O21P5/c7-28(8,9)22-1-2-3(24-29(10,11)12)4(25-30(13,14)15)5(26-31(16,17)18)6(23-2)27-32(19,20)21/h2-6H,1H2,(H2,7,8,9)(H2,10,11,12)(H2,13,14,15)(H2,16,17,18)(H2,19,20,21)/t2-,3-,4+,5-,6+/m1/s1. The summed E-state index contributed by atoms with van der Waals surface area (Å²) in [6, 6.07) is 0. The lowest BCUT2D eigenvalue weighted by atomic mass is 9.99. The van der Waals surface area contributed by atoms with Crippen LogP contribution in [0.5, 0.6) is 0 Å². The molecule has 0 aromatic carbocycles. The van der Waals surface area contributed by atoms with E-state index in [2.05, 4.69) is 22.6 Å². The molecule has 0 radical (unpaired) electrons. The van der Waals surface area contributed by atoms with Gasteiger partial charge in [-0.2, -0.15) is 0 Å². The second-order valence-electron chi connectivity index (χ2n) is 5.61. The summed E-state index contributed by atoms with van der Waals surface area (Å²) in [5, 5.41) is 0. The molecule has 1 saturated heterocycles. The Bertz CT molecular complexity index is 869. The van der Waals surface area contributed by atoms with E-state index in [0.717, 1.165) is 0 Å². The lowest BCUT2D eigenvalue weighted by molar-refractivity contribution is -0.270. The van der Waals surface area contributed by atoms with E-state index in [-0.39, 0.29) is 0 Å². The van der Waals surface area contributed by atoms with Gasteiger partial charge in [-0.1, -0.05) is 0 Å². The SMILES string of the molecule is O=P(O)(O)OC[C@H]1O[C@@H](OP(=O)(O)O)[C@H](OP(=O)(O)O)[C@@H](OP(=O)(O)O)[C@@H]1OP(=O)(O)O. The maximum absolute atomic E-state index is 11.3. The van der Waals surface area contributed by atoms with Crippen LogP contribution in [0, 0.1) is 0 Å². The van der Waals surface area contributed by atoms with Crippen molar-refractivity contribution >= 4 is 39.1 Å². The van der Waals surface area contributed by atoms with Crippen molar-refractivity contribution in [2.45, 2.75) is 30.7 Å². The second-order valence-corrected chi connectivity index (χ2v) is 11.6. The Kier molecular flexibility index (Phi) is 10.2. The highest BCUT2D eigenvalue weighted by Crippen LogP contribution is 2.52. The molecule has 0 spiro atoms. The van der Waals surface area contributed by atoms with Gasteiger partial charge in [0, 0.05) is 0 Å². The first-order chi connectivity index (χ1) is 14.0. The summed E-state index contributed by atoms with van der Waals surface area (Å²) in [5.74, 6) is 0. The first-order valence-corrected chi connectivity index (χ1v) is 14.9. The Hall–Kier alpha value is 0.510. The summed E-state index contributed by atoms with van der Waals surface area (Å²) in [4.78, 5) is 89.7. The van der Waals surface area contributed by atoms with Crippen molar-refractivity contribution in [3.63, 3.8) is 0 Å². The first-order valence-electron chi connectivity index (χ1n) is 7.27. The number of hydrogen-bond donors (Lipinski definition) is 10. The third kappa shape index (κ3) is 12.3. The van der Waals surface area contributed by atoms with Crippen molar-refractivity contribution in [2.75, 3.05) is 6.61 Å². The second kappa shape index (κ2) is 10.6. The molecule has 0 saturated carbocycles. The van der Waals surface area contributed by atoms with Gasteiger partial charge in [-0.3, -0.25) is 22.6 Å². The van der Waals surface area contributed by atoms with Crippen LogP contribution in [0.3, 0.4) is 0 Å². The minimum atomic E-state index is -5.76. The average molecular weight is 580 g/mol. The molecule has 26 heteroatoms. The summed E-state index contributed by atoms with van der Waals surface area (Å²) < 4.78 is 81.3. The van der Waals surface area contributed by atoms with E-state index in [1.165, 1.54) is 0 Å². The molecule has 0 aromatic heterocycles. The van der Waals surface area contributed by atoms with E-state index in [1.54, 1.807) is 0 Å². The fraction of sp³-hybridized carbons (Fsp3) is 1.00. The van der Waals surface area contributed by atoms with Crippen LogP contribution in [0.25, 0.3) is 0 Å². The molecular formula is C6H17O21P5. The summed E-state index contributed by atoms with van der Waals surface area (Å²) in [6.45, 7) is -1.44. The highest BCUT2D eigenvalue weighted by atomic mass is 31.2. The minimum Gasteiger partial charge on any atom is -0.341 e. The van der Waals surface area contributed by atoms with Crippen molar-refractivity contribution in [3.05, 3.63) is 0 Å². The molecule has 0 aliphatic carbocycles. The lowest BCUT2D eigenvalue weighted by Gasteiger charge is -2.44. The maximum Gasteiger partial charge on any atom is 0.472 e. The Labute approximate surface area is 176 Å². The summed E-state index contributed by atoms with van der Waals surface area (Å²) in [6.07, 6.45) is -13.2. The Morgan fingerprint density at radius 1 is 0.531 bits per heavy atom. The van der Waals surface area contributed by atoms with Crippen LogP contribution < -0.4 is 0 Å². The van der Waals surface area contributed by atoms with Gasteiger partial charge in [0.25, 0.3) is 0 Å². The van der Waals surface area contributed by atoms with Gasteiger partial charge in [0.2, 0.25) is 0 Å². The monoisotopic (exact) mass is 580 g/mol. The van der Waals surface area contributed by atoms with Gasteiger partial charge >= 0.3 is 39.1 Å². The molecule has 1 heterocycles. The third-order valence-electron chi connectivity index (χ3n) is 3.02. The highest BCUT2D eigenvalue weighted by Gasteiger charge is 2.56. The molecular weight excluding hydrogens is 563 g/mol. The molecule has 1 fully saturated rings. The van der Waals surface area contributed by atoms with Crippen molar-refractivity contribution in [1.82, 2.24) is 0 Å². The van der Waals surface area contributed by atoms with Crippen LogP contribution >= 0.6 is 39.1 Å². The summed E-state index contributed by atoms with van der Waals surface area (Å²) >= 11 is 0. The van der Waals surface area contributed by atoms with Gasteiger partial charge in [-0.25, -0.2) is 22.8 Å². The largest absolute Gasteiger partial charge is 0.472 e. The molecule has 5 atom stereocenters. The topological polar surface area (TPSA) is 343 Å². The number of phosphoric acid groups is 5. The van der Waals surface area contributed by atoms with Crippen LogP contribution in [0.1, 0.15) is 0 Å². The van der Waals surface area contributed by atoms with Crippen molar-refractivity contribution in [1.29, 1.82) is 0 Å². The summed E-state index contributed by atoms with van der Waals surface area (Å²) in [5.41, 5.74) is 0. The van der Waals surface area contributed by atoms with Gasteiger partial charge in [0.15, 0.2) is 12.4 Å². The summed E-state index contributed by atoms with van der Waals surface area (Å²) in [7, 11) is -28.2. The number of hydrogen-bond acceptors (Lipinski definition) is 11. The molecule has 1 aliphatic rings. The number of ether oxygens (including phenoxy) is 1. The predicted octanol–water partition coefficient (Wildman–Crippen LogP) is -2.64. The Morgan fingerprint density at radius 3 is 1.28 bits per heavy atom. The number of rotatable bonds is 11. The van der Waals surface area contributed by atoms with Crippen molar-refractivity contribution in [3.8, 4) is 0 Å². The van der Waals surface area contributed by atoms with Gasteiger partial charge in [0.05, 0.1) is 6.61 Å². The normalized spacial score (nSPS) is 28.6. The average Bonchev–Trinajstić information content (AvgIpc) is 2.45. The molecule has 0 unspecified atom stereocenters. The molecule has 21 nitrogen and oxygen atoms in total. The van der Waals surface area contributed by atoms with Crippen LogP contribution in [0.4, 0.5) is 0 Å².